The summed E-state index contributed by atoms with van der Waals surface area (Å²) < 4.78 is 58.1. The highest BCUT2D eigenvalue weighted by molar-refractivity contribution is 5.96. The molecule has 0 amide bonds. The van der Waals surface area contributed by atoms with Crippen molar-refractivity contribution in [1.82, 2.24) is 0 Å². The molecule has 4 aliphatic rings. The lowest BCUT2D eigenvalue weighted by Crippen LogP contribution is -2.55. The second kappa shape index (κ2) is 6.69. The van der Waals surface area contributed by atoms with E-state index in [9.17, 15) is 11.4 Å². The molecule has 3 unspecified atom stereocenters. The lowest BCUT2D eigenvalue weighted by molar-refractivity contribution is -0.170. The zero-order valence-corrected chi connectivity index (χ0v) is 16.0. The molecular formula is C23H31NO3. The molecule has 0 aromatic heterocycles. The molecule has 4 nitrogen and oxygen atoms in total. The Morgan fingerprint density at radius 3 is 2.93 bits per heavy atom. The summed E-state index contributed by atoms with van der Waals surface area (Å²) in [5.41, 5.74) is -2.19. The summed E-state index contributed by atoms with van der Waals surface area (Å²) >= 11 is 0. The molecule has 0 spiro atoms. The molecule has 0 aromatic rings. The minimum absolute atomic E-state index is 0.0743. The molecule has 4 heteroatoms. The minimum atomic E-state index is -2.22. The molecule has 0 bridgehead atoms. The Morgan fingerprint density at radius 1 is 1.44 bits per heavy atom. The van der Waals surface area contributed by atoms with Gasteiger partial charge >= 0.3 is 5.97 Å². The predicted molar refractivity (Wildman–Crippen MR) is 104 cm³/mol. The summed E-state index contributed by atoms with van der Waals surface area (Å²) in [6, 6.07) is -0.496. The highest BCUT2D eigenvalue weighted by Crippen LogP contribution is 2.67. The topological polar surface area (TPSA) is 58.9 Å². The van der Waals surface area contributed by atoms with Crippen molar-refractivity contribution >= 4 is 11.7 Å². The van der Waals surface area contributed by atoms with Gasteiger partial charge in [0.2, 0.25) is 0 Å². The van der Waals surface area contributed by atoms with Crippen LogP contribution in [0.3, 0.4) is 0 Å². The number of terminal acetylenes is 1. The van der Waals surface area contributed by atoms with Crippen LogP contribution in [0.15, 0.2) is 16.8 Å². The molecule has 27 heavy (non-hydrogen) atoms. The third-order valence-electron chi connectivity index (χ3n) is 7.51. The van der Waals surface area contributed by atoms with E-state index < -0.39 is 47.4 Å². The first kappa shape index (κ1) is 12.6. The van der Waals surface area contributed by atoms with Crippen LogP contribution in [0.2, 0.25) is 0 Å². The number of esters is 1. The van der Waals surface area contributed by atoms with Crippen molar-refractivity contribution in [3.8, 4) is 12.3 Å². The molecule has 0 heterocycles. The van der Waals surface area contributed by atoms with E-state index in [1.807, 2.05) is 6.92 Å². The van der Waals surface area contributed by atoms with Crippen LogP contribution >= 0.6 is 0 Å². The number of allylic oxidation sites excluding steroid dienone is 2. The standard InChI is InChI=1S/C23H31NO3/c1-4-22-12-10-19-18-9-7-17(24-26)14-16(18)6-8-20(19)21(22)11-13-23(22,5-2)27-15(3)25/h2,14,18-21,26H,4,6-13H2,1,3H3/t18-,19?,20?,21?,22-,23-/m0/s1/i6D2,7D2,14D,18D. The van der Waals surface area contributed by atoms with Crippen LogP contribution in [0, 0.1) is 41.4 Å². The average Bonchev–Trinajstić information content (AvgIpc) is 3.01. The monoisotopic (exact) mass is 375 g/mol. The first-order valence-electron chi connectivity index (χ1n) is 12.9. The van der Waals surface area contributed by atoms with Crippen LogP contribution in [-0.4, -0.2) is 22.5 Å². The second-order valence-corrected chi connectivity index (χ2v) is 8.24. The van der Waals surface area contributed by atoms with Crippen LogP contribution in [0.25, 0.3) is 0 Å². The fourth-order valence-corrected chi connectivity index (χ4v) is 6.45. The SMILES string of the molecule is [2H]C1=C2C([2H])([2H])CC3C4CC[C@](C#C)(OC(C)=O)[C@@]4(CC)CCC3[C@@]2([2H])CC([2H])([2H])C1=NO. The van der Waals surface area contributed by atoms with E-state index in [-0.39, 0.29) is 36.2 Å². The fourth-order valence-electron chi connectivity index (χ4n) is 6.45. The number of rotatable bonds is 2. The highest BCUT2D eigenvalue weighted by Gasteiger charge is 2.65. The molecule has 0 radical (unpaired) electrons. The van der Waals surface area contributed by atoms with E-state index in [1.165, 1.54) is 6.92 Å². The number of carbonyl (C=O) groups excluding carboxylic acids is 1. The van der Waals surface area contributed by atoms with Gasteiger partial charge in [-0.15, -0.1) is 6.42 Å². The molecule has 3 saturated carbocycles. The van der Waals surface area contributed by atoms with Crippen LogP contribution in [0.4, 0.5) is 0 Å². The normalized spacial score (nSPS) is 54.6. The van der Waals surface area contributed by atoms with Crippen LogP contribution in [0.1, 0.15) is 79.8 Å². The number of oxime groups is 1. The predicted octanol–water partition coefficient (Wildman–Crippen LogP) is 4.71. The van der Waals surface area contributed by atoms with Crippen LogP contribution < -0.4 is 0 Å². The van der Waals surface area contributed by atoms with Crippen LogP contribution in [-0.2, 0) is 9.53 Å². The van der Waals surface area contributed by atoms with E-state index in [4.69, 9.17) is 18.0 Å². The van der Waals surface area contributed by atoms with E-state index in [2.05, 4.69) is 11.1 Å². The van der Waals surface area contributed by atoms with Gasteiger partial charge in [0.15, 0.2) is 5.60 Å². The van der Waals surface area contributed by atoms with Crippen molar-refractivity contribution in [3.63, 3.8) is 0 Å². The van der Waals surface area contributed by atoms with Gasteiger partial charge in [-0.1, -0.05) is 23.6 Å². The molecule has 0 aliphatic heterocycles. The highest BCUT2D eigenvalue weighted by atomic mass is 16.6. The van der Waals surface area contributed by atoms with E-state index >= 15 is 0 Å². The molecule has 0 saturated heterocycles. The van der Waals surface area contributed by atoms with Crippen molar-refractivity contribution in [2.24, 2.45) is 34.2 Å². The number of ether oxygens (including phenoxy) is 1. The summed E-state index contributed by atoms with van der Waals surface area (Å²) in [6.45, 7) is 3.36. The number of fused-ring (bicyclic) bond motifs is 5. The quantitative estimate of drug-likeness (QED) is 0.329. The average molecular weight is 376 g/mol. The number of hydrogen-bond donors (Lipinski definition) is 1. The number of hydrogen-bond acceptors (Lipinski definition) is 4. The van der Waals surface area contributed by atoms with Crippen molar-refractivity contribution in [2.75, 3.05) is 0 Å². The number of nitrogens with zero attached hydrogens (tertiary/aromatic N) is 1. The second-order valence-electron chi connectivity index (χ2n) is 8.24. The van der Waals surface area contributed by atoms with Gasteiger partial charge in [-0.05, 0) is 87.4 Å². The third-order valence-corrected chi connectivity index (χ3v) is 7.51. The smallest absolute Gasteiger partial charge is 0.304 e. The summed E-state index contributed by atoms with van der Waals surface area (Å²) in [5.74, 6) is -0.0102. The molecule has 3 fully saturated rings. The molecule has 146 valence electrons. The maximum atomic E-state index is 12.0. The van der Waals surface area contributed by atoms with E-state index in [0.29, 0.717) is 32.1 Å². The minimum Gasteiger partial charge on any atom is -0.445 e. The molecule has 4 aliphatic carbocycles. The molecule has 0 aromatic carbocycles. The summed E-state index contributed by atoms with van der Waals surface area (Å²) in [5, 5.41) is 12.4. The van der Waals surface area contributed by atoms with Crippen molar-refractivity contribution in [3.05, 3.63) is 11.6 Å². The fraction of sp³-hybridized carbons (Fsp3) is 0.739. The van der Waals surface area contributed by atoms with Gasteiger partial charge in [0, 0.05) is 19.2 Å². The van der Waals surface area contributed by atoms with Crippen molar-refractivity contribution < 1.29 is 23.0 Å². The molecule has 4 rings (SSSR count). The number of carbonyl (C=O) groups is 1. The van der Waals surface area contributed by atoms with Gasteiger partial charge < -0.3 is 9.94 Å². The maximum Gasteiger partial charge on any atom is 0.304 e. The van der Waals surface area contributed by atoms with E-state index in [1.54, 1.807) is 0 Å². The third kappa shape index (κ3) is 2.57. The van der Waals surface area contributed by atoms with Gasteiger partial charge in [-0.25, -0.2) is 0 Å². The van der Waals surface area contributed by atoms with Gasteiger partial charge in [0.05, 0.1) is 7.08 Å². The molecular weight excluding hydrogens is 338 g/mol. The van der Waals surface area contributed by atoms with Gasteiger partial charge in [0.1, 0.15) is 0 Å². The van der Waals surface area contributed by atoms with Crippen LogP contribution in [0.5, 0.6) is 0 Å². The molecule has 6 atom stereocenters. The van der Waals surface area contributed by atoms with Gasteiger partial charge in [-0.3, -0.25) is 4.79 Å². The van der Waals surface area contributed by atoms with Gasteiger partial charge in [0.25, 0.3) is 0 Å². The Balaban J connectivity index is 1.85. The van der Waals surface area contributed by atoms with Crippen molar-refractivity contribution in [1.29, 1.82) is 0 Å². The molecule has 1 N–H and O–H groups in total. The Hall–Kier alpha value is -1.76. The maximum absolute atomic E-state index is 12.0. The summed E-state index contributed by atoms with van der Waals surface area (Å²) in [7, 11) is 0. The summed E-state index contributed by atoms with van der Waals surface area (Å²) in [6.07, 6.45) is 4.27. The first-order valence-corrected chi connectivity index (χ1v) is 9.87. The Bertz CT molecular complexity index is 987. The largest absolute Gasteiger partial charge is 0.445 e. The van der Waals surface area contributed by atoms with Crippen molar-refractivity contribution in [2.45, 2.75) is 77.1 Å². The first-order chi connectivity index (χ1) is 15.2. The Kier molecular flexibility index (Phi) is 3.13. The Morgan fingerprint density at radius 2 is 2.26 bits per heavy atom. The lowest BCUT2D eigenvalue weighted by atomic mass is 9.49. The summed E-state index contributed by atoms with van der Waals surface area (Å²) in [4.78, 5) is 12.0. The lowest BCUT2D eigenvalue weighted by Gasteiger charge is -2.56. The Labute approximate surface area is 170 Å². The van der Waals surface area contributed by atoms with Gasteiger partial charge in [-0.2, -0.15) is 0 Å². The zero-order chi connectivity index (χ0) is 24.6. The van der Waals surface area contributed by atoms with E-state index in [0.717, 1.165) is 0 Å². The zero-order valence-electron chi connectivity index (χ0n) is 22.0.